The van der Waals surface area contributed by atoms with Gasteiger partial charge in [0, 0.05) is 24.5 Å². The molecule has 98 valence electrons. The van der Waals surface area contributed by atoms with Gasteiger partial charge in [0.25, 0.3) is 0 Å². The number of nitrogens with zero attached hydrogens (tertiary/aromatic N) is 1. The second-order valence-electron chi connectivity index (χ2n) is 5.21. The number of carbonyl (C=O) groups excluding carboxylic acids is 1. The minimum absolute atomic E-state index is 0.0498. The summed E-state index contributed by atoms with van der Waals surface area (Å²) >= 11 is 1.64. The van der Waals surface area contributed by atoms with E-state index < -0.39 is 0 Å². The zero-order chi connectivity index (χ0) is 12.4. The Morgan fingerprint density at radius 2 is 2.50 bits per heavy atom. The van der Waals surface area contributed by atoms with Crippen molar-refractivity contribution >= 4 is 17.2 Å². The molecular formula is C13H19N3OS. The molecule has 0 bridgehead atoms. The lowest BCUT2D eigenvalue weighted by Gasteiger charge is -2.17. The van der Waals surface area contributed by atoms with E-state index in [1.165, 1.54) is 19.3 Å². The van der Waals surface area contributed by atoms with Crippen molar-refractivity contribution < 1.29 is 4.79 Å². The third kappa shape index (κ3) is 2.42. The van der Waals surface area contributed by atoms with E-state index in [0.29, 0.717) is 12.5 Å². The summed E-state index contributed by atoms with van der Waals surface area (Å²) in [6.07, 6.45) is 6.44. The minimum Gasteiger partial charge on any atom is -0.354 e. The fourth-order valence-electron chi connectivity index (χ4n) is 3.25. The summed E-state index contributed by atoms with van der Waals surface area (Å²) < 4.78 is 0. The van der Waals surface area contributed by atoms with Crippen molar-refractivity contribution in [3.8, 4) is 0 Å². The third-order valence-corrected chi connectivity index (χ3v) is 4.99. The molecule has 1 saturated heterocycles. The van der Waals surface area contributed by atoms with Crippen LogP contribution < -0.4 is 10.6 Å². The van der Waals surface area contributed by atoms with Crippen LogP contribution in [0.5, 0.6) is 0 Å². The van der Waals surface area contributed by atoms with Crippen LogP contribution in [-0.4, -0.2) is 30.0 Å². The lowest BCUT2D eigenvalue weighted by Crippen LogP contribution is -2.44. The molecule has 0 radical (unpaired) electrons. The first kappa shape index (κ1) is 12.1. The molecule has 3 rings (SSSR count). The topological polar surface area (TPSA) is 54.0 Å². The Hall–Kier alpha value is -0.940. The Morgan fingerprint density at radius 3 is 3.33 bits per heavy atom. The number of carbonyl (C=O) groups is 1. The van der Waals surface area contributed by atoms with Crippen molar-refractivity contribution in [1.29, 1.82) is 0 Å². The summed E-state index contributed by atoms with van der Waals surface area (Å²) in [7, 11) is 0. The molecule has 1 aliphatic carbocycles. The number of rotatable bonds is 4. The van der Waals surface area contributed by atoms with Gasteiger partial charge in [-0.1, -0.05) is 6.42 Å². The standard InChI is InChI=1S/C13H19N3OS/c17-13(15-5-4-11-14-6-7-18-11)12-10-3-1-2-9(10)8-16-12/h6-7,9-10,12,16H,1-5,8H2,(H,15,17). The van der Waals surface area contributed by atoms with Crippen molar-refractivity contribution in [3.05, 3.63) is 16.6 Å². The van der Waals surface area contributed by atoms with E-state index in [2.05, 4.69) is 15.6 Å². The molecule has 4 nitrogen and oxygen atoms in total. The number of nitrogens with one attached hydrogen (secondary N) is 2. The van der Waals surface area contributed by atoms with Crippen LogP contribution in [0.25, 0.3) is 0 Å². The van der Waals surface area contributed by atoms with Gasteiger partial charge in [-0.2, -0.15) is 0 Å². The highest BCUT2D eigenvalue weighted by atomic mass is 32.1. The summed E-state index contributed by atoms with van der Waals surface area (Å²) in [6.45, 7) is 1.72. The fourth-order valence-corrected chi connectivity index (χ4v) is 3.87. The van der Waals surface area contributed by atoms with Crippen LogP contribution in [0.15, 0.2) is 11.6 Å². The largest absolute Gasteiger partial charge is 0.354 e. The Labute approximate surface area is 111 Å². The maximum Gasteiger partial charge on any atom is 0.237 e. The molecule has 3 unspecified atom stereocenters. The van der Waals surface area contributed by atoms with Crippen LogP contribution in [0, 0.1) is 11.8 Å². The molecule has 1 aliphatic heterocycles. The summed E-state index contributed by atoms with van der Waals surface area (Å²) in [5, 5.41) is 9.48. The van der Waals surface area contributed by atoms with Gasteiger partial charge in [0.05, 0.1) is 11.0 Å². The second kappa shape index (κ2) is 5.36. The molecule has 18 heavy (non-hydrogen) atoms. The van der Waals surface area contributed by atoms with Gasteiger partial charge in [-0.3, -0.25) is 4.79 Å². The van der Waals surface area contributed by atoms with E-state index in [4.69, 9.17) is 0 Å². The smallest absolute Gasteiger partial charge is 0.237 e. The molecule has 5 heteroatoms. The first-order chi connectivity index (χ1) is 8.84. The van der Waals surface area contributed by atoms with Gasteiger partial charge in [-0.15, -0.1) is 11.3 Å². The summed E-state index contributed by atoms with van der Waals surface area (Å²) in [4.78, 5) is 16.3. The number of thiazole rings is 1. The fraction of sp³-hybridized carbons (Fsp3) is 0.692. The molecule has 1 saturated carbocycles. The van der Waals surface area contributed by atoms with Gasteiger partial charge in [-0.05, 0) is 31.2 Å². The van der Waals surface area contributed by atoms with E-state index in [-0.39, 0.29) is 11.9 Å². The van der Waals surface area contributed by atoms with Crippen LogP contribution in [-0.2, 0) is 11.2 Å². The lowest BCUT2D eigenvalue weighted by molar-refractivity contribution is -0.123. The maximum absolute atomic E-state index is 12.1. The lowest BCUT2D eigenvalue weighted by atomic mass is 9.93. The van der Waals surface area contributed by atoms with Crippen molar-refractivity contribution in [2.45, 2.75) is 31.7 Å². The molecule has 0 spiro atoms. The molecule has 2 fully saturated rings. The van der Waals surface area contributed by atoms with Crippen molar-refractivity contribution in [1.82, 2.24) is 15.6 Å². The molecule has 1 aromatic rings. The molecule has 0 aromatic carbocycles. The van der Waals surface area contributed by atoms with E-state index in [1.807, 2.05) is 11.6 Å². The van der Waals surface area contributed by atoms with E-state index in [9.17, 15) is 4.79 Å². The number of hydrogen-bond acceptors (Lipinski definition) is 4. The molecule has 2 heterocycles. The monoisotopic (exact) mass is 265 g/mol. The maximum atomic E-state index is 12.1. The number of fused-ring (bicyclic) bond motifs is 1. The van der Waals surface area contributed by atoms with Gasteiger partial charge < -0.3 is 10.6 Å². The van der Waals surface area contributed by atoms with Gasteiger partial charge in [0.1, 0.15) is 0 Å². The predicted octanol–water partition coefficient (Wildman–Crippen LogP) is 1.19. The molecular weight excluding hydrogens is 246 g/mol. The van der Waals surface area contributed by atoms with Crippen LogP contribution in [0.4, 0.5) is 0 Å². The Balaban J connectivity index is 1.47. The van der Waals surface area contributed by atoms with Crippen LogP contribution in [0.2, 0.25) is 0 Å². The van der Waals surface area contributed by atoms with E-state index >= 15 is 0 Å². The number of aromatic nitrogens is 1. The molecule has 1 amide bonds. The van der Waals surface area contributed by atoms with E-state index in [0.717, 1.165) is 23.9 Å². The first-order valence-electron chi connectivity index (χ1n) is 6.74. The molecule has 1 aromatic heterocycles. The van der Waals surface area contributed by atoms with E-state index in [1.54, 1.807) is 11.3 Å². The van der Waals surface area contributed by atoms with Crippen molar-refractivity contribution in [2.75, 3.05) is 13.1 Å². The Kier molecular flexibility index (Phi) is 3.61. The number of hydrogen-bond donors (Lipinski definition) is 2. The van der Waals surface area contributed by atoms with Crippen molar-refractivity contribution in [2.24, 2.45) is 11.8 Å². The Bertz CT molecular complexity index is 406. The summed E-state index contributed by atoms with van der Waals surface area (Å²) in [5.74, 6) is 1.49. The van der Waals surface area contributed by atoms with Crippen molar-refractivity contribution in [3.63, 3.8) is 0 Å². The second-order valence-corrected chi connectivity index (χ2v) is 6.19. The van der Waals surface area contributed by atoms with Gasteiger partial charge in [0.2, 0.25) is 5.91 Å². The zero-order valence-corrected chi connectivity index (χ0v) is 11.2. The molecule has 2 N–H and O–H groups in total. The SMILES string of the molecule is O=C(NCCc1nccs1)C1NCC2CCCC21. The van der Waals surface area contributed by atoms with Gasteiger partial charge in [0.15, 0.2) is 0 Å². The van der Waals surface area contributed by atoms with Crippen LogP contribution in [0.1, 0.15) is 24.3 Å². The third-order valence-electron chi connectivity index (χ3n) is 4.15. The average Bonchev–Trinajstić information content (AvgIpc) is 3.05. The van der Waals surface area contributed by atoms with Gasteiger partial charge in [-0.25, -0.2) is 4.98 Å². The number of amides is 1. The predicted molar refractivity (Wildman–Crippen MR) is 71.4 cm³/mol. The first-order valence-corrected chi connectivity index (χ1v) is 7.62. The highest BCUT2D eigenvalue weighted by Gasteiger charge is 2.42. The van der Waals surface area contributed by atoms with Crippen LogP contribution >= 0.6 is 11.3 Å². The minimum atomic E-state index is 0.0498. The summed E-state index contributed by atoms with van der Waals surface area (Å²) in [6, 6.07) is 0.0498. The molecule has 2 aliphatic rings. The highest BCUT2D eigenvalue weighted by Crippen LogP contribution is 2.37. The average molecular weight is 265 g/mol. The van der Waals surface area contributed by atoms with Crippen LogP contribution in [0.3, 0.4) is 0 Å². The zero-order valence-electron chi connectivity index (χ0n) is 10.4. The quantitative estimate of drug-likeness (QED) is 0.860. The highest BCUT2D eigenvalue weighted by molar-refractivity contribution is 7.09. The Morgan fingerprint density at radius 1 is 1.56 bits per heavy atom. The van der Waals surface area contributed by atoms with Gasteiger partial charge >= 0.3 is 0 Å². The molecule has 3 atom stereocenters. The normalized spacial score (nSPS) is 30.3. The summed E-state index contributed by atoms with van der Waals surface area (Å²) in [5.41, 5.74) is 0.